The number of rotatable bonds is 7. The Morgan fingerprint density at radius 2 is 2.10 bits per heavy atom. The molecule has 7 nitrogen and oxygen atoms in total. The van der Waals surface area contributed by atoms with Crippen LogP contribution in [0.2, 0.25) is 0 Å². The summed E-state index contributed by atoms with van der Waals surface area (Å²) in [5.41, 5.74) is 0.714. The Bertz CT molecular complexity index is 1080. The molecule has 3 heterocycles. The van der Waals surface area contributed by atoms with Crippen molar-refractivity contribution >= 4 is 28.9 Å². The zero-order valence-electron chi connectivity index (χ0n) is 15.9. The maximum absolute atomic E-state index is 12.8. The summed E-state index contributed by atoms with van der Waals surface area (Å²) in [6.45, 7) is -3.59. The highest BCUT2D eigenvalue weighted by atomic mass is 32.1. The van der Waals surface area contributed by atoms with Crippen LogP contribution in [0.25, 0.3) is 0 Å². The molecule has 1 amide bonds. The second-order valence-corrected chi connectivity index (χ2v) is 7.43. The molecule has 0 saturated heterocycles. The van der Waals surface area contributed by atoms with Crippen molar-refractivity contribution in [3.05, 3.63) is 76.4 Å². The summed E-state index contributed by atoms with van der Waals surface area (Å²) >= 11 is 1.50. The first-order valence-electron chi connectivity index (χ1n) is 9.20. The van der Waals surface area contributed by atoms with Crippen LogP contribution in [0, 0.1) is 0 Å². The Morgan fingerprint density at radius 3 is 2.81 bits per heavy atom. The van der Waals surface area contributed by atoms with Gasteiger partial charge < -0.3 is 13.9 Å². The molecular weight excluding hydrogens is 430 g/mol. The number of hydrazone groups is 1. The summed E-state index contributed by atoms with van der Waals surface area (Å²) in [5, 5.41) is 7.58. The maximum atomic E-state index is 12.8. The third-order valence-electron chi connectivity index (χ3n) is 4.46. The number of carbonyl (C=O) groups is 2. The van der Waals surface area contributed by atoms with Crippen LogP contribution in [0.3, 0.4) is 0 Å². The first-order valence-corrected chi connectivity index (χ1v) is 10.1. The fourth-order valence-electron chi connectivity index (χ4n) is 3.11. The normalized spacial score (nSPS) is 15.8. The minimum Gasteiger partial charge on any atom is -0.467 e. The third-order valence-corrected chi connectivity index (χ3v) is 5.38. The number of amides is 1. The van der Waals surface area contributed by atoms with E-state index in [1.807, 2.05) is 17.5 Å². The van der Waals surface area contributed by atoms with Gasteiger partial charge in [0.05, 0.1) is 22.4 Å². The van der Waals surface area contributed by atoms with E-state index in [1.165, 1.54) is 40.8 Å². The van der Waals surface area contributed by atoms with Gasteiger partial charge in [-0.15, -0.1) is 11.3 Å². The van der Waals surface area contributed by atoms with E-state index in [-0.39, 0.29) is 11.3 Å². The van der Waals surface area contributed by atoms with E-state index in [1.54, 1.807) is 12.1 Å². The Labute approximate surface area is 179 Å². The molecule has 1 aliphatic heterocycles. The fraction of sp³-hybridized carbons (Fsp3) is 0.190. The SMILES string of the molecule is O=C(OCC(=O)N1N=C(c2cccs2)CC1c1ccco1)c1cccc(OC(F)F)c1. The van der Waals surface area contributed by atoms with Crippen molar-refractivity contribution < 1.29 is 32.3 Å². The molecule has 3 aromatic rings. The average Bonchev–Trinajstić information content (AvgIpc) is 3.52. The van der Waals surface area contributed by atoms with Crippen LogP contribution in [0.15, 0.2) is 69.7 Å². The topological polar surface area (TPSA) is 81.3 Å². The van der Waals surface area contributed by atoms with Crippen LogP contribution in [0.1, 0.15) is 33.5 Å². The molecule has 0 N–H and O–H groups in total. The van der Waals surface area contributed by atoms with Crippen molar-refractivity contribution in [2.45, 2.75) is 19.1 Å². The van der Waals surface area contributed by atoms with Crippen LogP contribution in [0.5, 0.6) is 5.75 Å². The molecular formula is C21H16F2N2O5S. The van der Waals surface area contributed by atoms with Crippen LogP contribution < -0.4 is 4.74 Å². The summed E-state index contributed by atoms with van der Waals surface area (Å²) in [5.74, 6) is -1.00. The number of furan rings is 1. The van der Waals surface area contributed by atoms with Gasteiger partial charge in [-0.05, 0) is 41.8 Å². The van der Waals surface area contributed by atoms with Gasteiger partial charge in [0.25, 0.3) is 5.91 Å². The molecule has 0 fully saturated rings. The summed E-state index contributed by atoms with van der Waals surface area (Å²) in [4.78, 5) is 26.0. The highest BCUT2D eigenvalue weighted by Gasteiger charge is 2.35. The zero-order chi connectivity index (χ0) is 21.8. The lowest BCUT2D eigenvalue weighted by molar-refractivity contribution is -0.136. The van der Waals surface area contributed by atoms with Crippen molar-refractivity contribution in [1.29, 1.82) is 0 Å². The molecule has 1 atom stereocenters. The van der Waals surface area contributed by atoms with Gasteiger partial charge in [0.15, 0.2) is 6.61 Å². The number of hydrogen-bond acceptors (Lipinski definition) is 7. The number of thiophene rings is 1. The molecule has 10 heteroatoms. The molecule has 0 bridgehead atoms. The van der Waals surface area contributed by atoms with E-state index in [2.05, 4.69) is 9.84 Å². The monoisotopic (exact) mass is 446 g/mol. The number of benzene rings is 1. The Morgan fingerprint density at radius 1 is 1.23 bits per heavy atom. The minimum atomic E-state index is -3.02. The zero-order valence-corrected chi connectivity index (χ0v) is 16.8. The summed E-state index contributed by atoms with van der Waals surface area (Å²) in [7, 11) is 0. The number of esters is 1. The van der Waals surface area contributed by atoms with Crippen molar-refractivity contribution in [3.8, 4) is 5.75 Å². The van der Waals surface area contributed by atoms with E-state index in [4.69, 9.17) is 9.15 Å². The number of halogens is 2. The van der Waals surface area contributed by atoms with Crippen molar-refractivity contribution in [3.63, 3.8) is 0 Å². The van der Waals surface area contributed by atoms with Gasteiger partial charge in [0, 0.05) is 6.42 Å². The number of nitrogens with zero attached hydrogens (tertiary/aromatic N) is 2. The summed E-state index contributed by atoms with van der Waals surface area (Å²) in [6.07, 6.45) is 1.97. The van der Waals surface area contributed by atoms with Gasteiger partial charge in [0.1, 0.15) is 17.6 Å². The van der Waals surface area contributed by atoms with Crippen molar-refractivity contribution in [2.75, 3.05) is 6.61 Å². The molecule has 1 unspecified atom stereocenters. The largest absolute Gasteiger partial charge is 0.467 e. The lowest BCUT2D eigenvalue weighted by atomic mass is 10.1. The van der Waals surface area contributed by atoms with Crippen LogP contribution in [0.4, 0.5) is 8.78 Å². The molecule has 1 aromatic carbocycles. The van der Waals surface area contributed by atoms with E-state index >= 15 is 0 Å². The molecule has 0 radical (unpaired) electrons. The molecule has 1 aliphatic rings. The highest BCUT2D eigenvalue weighted by Crippen LogP contribution is 2.34. The Hall–Kier alpha value is -3.53. The minimum absolute atomic E-state index is 0.0160. The standard InChI is InChI=1S/C21H16F2N2O5S/c22-21(23)30-14-5-1-4-13(10-14)20(27)29-12-19(26)25-16(17-6-2-8-28-17)11-15(24-25)18-7-3-9-31-18/h1-10,16,21H,11-12H2. The molecule has 160 valence electrons. The molecule has 4 rings (SSSR count). The lowest BCUT2D eigenvalue weighted by Crippen LogP contribution is -2.31. The average molecular weight is 446 g/mol. The van der Waals surface area contributed by atoms with Crippen LogP contribution >= 0.6 is 11.3 Å². The second-order valence-electron chi connectivity index (χ2n) is 6.48. The first-order chi connectivity index (χ1) is 15.0. The fourth-order valence-corrected chi connectivity index (χ4v) is 3.83. The van der Waals surface area contributed by atoms with Crippen LogP contribution in [-0.4, -0.2) is 35.8 Å². The molecule has 31 heavy (non-hydrogen) atoms. The summed E-state index contributed by atoms with van der Waals surface area (Å²) in [6, 6.07) is 12.0. The molecule has 0 saturated carbocycles. The predicted molar refractivity (Wildman–Crippen MR) is 107 cm³/mol. The Balaban J connectivity index is 1.45. The number of alkyl halides is 2. The predicted octanol–water partition coefficient (Wildman–Crippen LogP) is 4.48. The first kappa shape index (κ1) is 20.7. The molecule has 2 aromatic heterocycles. The summed E-state index contributed by atoms with van der Waals surface area (Å²) < 4.78 is 39.5. The molecule has 0 spiro atoms. The third kappa shape index (κ3) is 4.80. The van der Waals surface area contributed by atoms with E-state index in [0.29, 0.717) is 12.2 Å². The van der Waals surface area contributed by atoms with Crippen molar-refractivity contribution in [1.82, 2.24) is 5.01 Å². The Kier molecular flexibility index (Phi) is 6.08. The van der Waals surface area contributed by atoms with Gasteiger partial charge in [-0.3, -0.25) is 4.79 Å². The van der Waals surface area contributed by atoms with Gasteiger partial charge >= 0.3 is 12.6 Å². The number of carbonyl (C=O) groups excluding carboxylic acids is 2. The second kappa shape index (κ2) is 9.09. The van der Waals surface area contributed by atoms with Crippen molar-refractivity contribution in [2.24, 2.45) is 5.10 Å². The maximum Gasteiger partial charge on any atom is 0.387 e. The van der Waals surface area contributed by atoms with Gasteiger partial charge in [-0.25, -0.2) is 9.80 Å². The van der Waals surface area contributed by atoms with Gasteiger partial charge in [-0.2, -0.15) is 13.9 Å². The van der Waals surface area contributed by atoms with Gasteiger partial charge in [-0.1, -0.05) is 12.1 Å². The van der Waals surface area contributed by atoms with E-state index in [0.717, 1.165) is 16.7 Å². The number of hydrogen-bond donors (Lipinski definition) is 0. The lowest BCUT2D eigenvalue weighted by Gasteiger charge is -2.19. The quantitative estimate of drug-likeness (QED) is 0.500. The van der Waals surface area contributed by atoms with Crippen LogP contribution in [-0.2, 0) is 9.53 Å². The smallest absolute Gasteiger partial charge is 0.387 e. The number of ether oxygens (including phenoxy) is 2. The molecule has 0 aliphatic carbocycles. The highest BCUT2D eigenvalue weighted by molar-refractivity contribution is 7.12. The van der Waals surface area contributed by atoms with E-state index < -0.39 is 31.1 Å². The van der Waals surface area contributed by atoms with Gasteiger partial charge in [0.2, 0.25) is 0 Å². The van der Waals surface area contributed by atoms with E-state index in [9.17, 15) is 18.4 Å².